The van der Waals surface area contributed by atoms with E-state index < -0.39 is 39.6 Å². The van der Waals surface area contributed by atoms with Crippen LogP contribution >= 0.6 is 0 Å². The quantitative estimate of drug-likeness (QED) is 0.295. The number of rotatable bonds is 12. The summed E-state index contributed by atoms with van der Waals surface area (Å²) in [5, 5.41) is 9.70. The minimum atomic E-state index is -4.65. The molecule has 0 aromatic rings. The van der Waals surface area contributed by atoms with Gasteiger partial charge in [-0.05, 0) is 12.8 Å². The molecule has 0 bridgehead atoms. The zero-order chi connectivity index (χ0) is 19.8. The van der Waals surface area contributed by atoms with Crippen molar-refractivity contribution < 1.29 is 46.4 Å². The van der Waals surface area contributed by atoms with E-state index in [0.717, 1.165) is 12.8 Å². The van der Waals surface area contributed by atoms with Crippen LogP contribution in [0.3, 0.4) is 0 Å². The lowest BCUT2D eigenvalue weighted by atomic mass is 9.75. The van der Waals surface area contributed by atoms with Crippen molar-refractivity contribution in [3.63, 3.8) is 0 Å². The Kier molecular flexibility index (Phi) is 8.77. The van der Waals surface area contributed by atoms with E-state index in [4.69, 9.17) is 0 Å². The number of carboxylic acid groups (broad SMARTS) is 1. The lowest BCUT2D eigenvalue weighted by Gasteiger charge is -2.33. The number of unbranched alkanes of at least 4 members (excludes halogenated alkanes) is 4. The maximum atomic E-state index is 12.7. The minimum Gasteiger partial charge on any atom is -0.480 e. The van der Waals surface area contributed by atoms with Crippen LogP contribution in [-0.2, 0) is 43.2 Å². The Morgan fingerprint density at radius 2 is 1.31 bits per heavy atom. The van der Waals surface area contributed by atoms with Gasteiger partial charge in [-0.25, -0.2) is 0 Å². The number of aliphatic carboxylic acids is 1. The van der Waals surface area contributed by atoms with Crippen LogP contribution in [0.25, 0.3) is 0 Å². The van der Waals surface area contributed by atoms with Gasteiger partial charge in [0.05, 0.1) is 0 Å². The monoisotopic (exact) mass is 396 g/mol. The van der Waals surface area contributed by atoms with Crippen LogP contribution in [0.2, 0.25) is 0 Å². The number of carbonyl (C=O) groups excluding carboxylic acids is 2. The molecule has 0 aliphatic carbocycles. The number of ketones is 2. The van der Waals surface area contributed by atoms with Gasteiger partial charge in [0.1, 0.15) is 0 Å². The van der Waals surface area contributed by atoms with Gasteiger partial charge in [-0.3, -0.25) is 14.4 Å². The van der Waals surface area contributed by atoms with Crippen LogP contribution in [0.15, 0.2) is 0 Å². The molecule has 0 unspecified atom stereocenters. The Morgan fingerprint density at radius 3 is 1.65 bits per heavy atom. The number of Topliss-reactive ketones (excluding diaryl/α,β-unsaturated/α-hetero) is 2. The molecule has 0 saturated carbocycles. The second kappa shape index (κ2) is 10.1. The predicted molar refractivity (Wildman–Crippen MR) is 85.4 cm³/mol. The van der Waals surface area contributed by atoms with Crippen molar-refractivity contribution in [3.8, 4) is 0 Å². The van der Waals surface area contributed by atoms with Crippen LogP contribution < -0.4 is 0 Å². The van der Waals surface area contributed by atoms with Gasteiger partial charge in [-0.2, -0.15) is 18.2 Å². The molecule has 1 rings (SSSR count). The highest BCUT2D eigenvalue weighted by atomic mass is 32.3. The van der Waals surface area contributed by atoms with Gasteiger partial charge in [-0.15, -0.1) is 0 Å². The molecule has 0 radical (unpaired) electrons. The molecule has 1 saturated heterocycles. The first-order chi connectivity index (χ1) is 12.2. The van der Waals surface area contributed by atoms with E-state index in [9.17, 15) is 27.9 Å². The van der Waals surface area contributed by atoms with Crippen LogP contribution in [0.1, 0.15) is 65.2 Å². The molecule has 11 heteroatoms. The van der Waals surface area contributed by atoms with Crippen LogP contribution in [0.4, 0.5) is 0 Å². The number of carbonyl (C=O) groups is 3. The predicted octanol–water partition coefficient (Wildman–Crippen LogP) is 1.84. The van der Waals surface area contributed by atoms with Crippen molar-refractivity contribution in [1.29, 1.82) is 0 Å². The van der Waals surface area contributed by atoms with Gasteiger partial charge in [0.15, 0.2) is 11.6 Å². The highest BCUT2D eigenvalue weighted by molar-refractivity contribution is 7.81. The molecule has 1 heterocycles. The fourth-order valence-electron chi connectivity index (χ4n) is 2.56. The summed E-state index contributed by atoms with van der Waals surface area (Å²) in [6, 6.07) is 0. The maximum absolute atomic E-state index is 12.7. The molecule has 10 nitrogen and oxygen atoms in total. The standard InChI is InChI=1S/C15H24O10S/c1-3-5-7-9-11(16)15(13(18)19,12(17)10-8-6-4-2)14-22-24-26(20,21)25-23-14/h14H,3-10H2,1-2H3,(H,18,19). The molecule has 0 spiro atoms. The first kappa shape index (κ1) is 22.6. The van der Waals surface area contributed by atoms with Crippen molar-refractivity contribution in [3.05, 3.63) is 0 Å². The minimum absolute atomic E-state index is 0.213. The molecule has 1 fully saturated rings. The van der Waals surface area contributed by atoms with Gasteiger partial charge in [0.25, 0.3) is 6.29 Å². The average molecular weight is 396 g/mol. The summed E-state index contributed by atoms with van der Waals surface area (Å²) in [4.78, 5) is 46.2. The van der Waals surface area contributed by atoms with E-state index in [1.807, 2.05) is 13.8 Å². The van der Waals surface area contributed by atoms with Crippen LogP contribution in [0, 0.1) is 5.41 Å². The lowest BCUT2D eigenvalue weighted by molar-refractivity contribution is -0.452. The molecule has 1 aliphatic heterocycles. The molecule has 0 atom stereocenters. The summed E-state index contributed by atoms with van der Waals surface area (Å²) >= 11 is 0. The van der Waals surface area contributed by atoms with Crippen molar-refractivity contribution in [2.45, 2.75) is 71.5 Å². The Hall–Kier alpha value is -1.40. The first-order valence-corrected chi connectivity index (χ1v) is 9.80. The molecule has 0 amide bonds. The highest BCUT2D eigenvalue weighted by Gasteiger charge is 2.62. The number of carboxylic acids is 1. The van der Waals surface area contributed by atoms with Gasteiger partial charge < -0.3 is 5.11 Å². The third-order valence-electron chi connectivity index (χ3n) is 4.01. The van der Waals surface area contributed by atoms with Crippen LogP contribution in [-0.4, -0.2) is 37.4 Å². The Bertz CT molecular complexity index is 576. The summed E-state index contributed by atoms with van der Waals surface area (Å²) in [6.07, 6.45) is 0.978. The zero-order valence-electron chi connectivity index (χ0n) is 14.8. The molecule has 1 N–H and O–H groups in total. The summed E-state index contributed by atoms with van der Waals surface area (Å²) in [5.74, 6) is -3.70. The van der Waals surface area contributed by atoms with Gasteiger partial charge >= 0.3 is 16.4 Å². The van der Waals surface area contributed by atoms with Crippen molar-refractivity contribution in [2.24, 2.45) is 5.41 Å². The van der Waals surface area contributed by atoms with Gasteiger partial charge in [-0.1, -0.05) is 48.2 Å². The Balaban J connectivity index is 3.16. The fourth-order valence-corrected chi connectivity index (χ4v) is 2.92. The normalized spacial score (nSPS) is 17.8. The number of hydrogen-bond acceptors (Lipinski definition) is 9. The third-order valence-corrected chi connectivity index (χ3v) is 4.50. The van der Waals surface area contributed by atoms with Crippen LogP contribution in [0.5, 0.6) is 0 Å². The van der Waals surface area contributed by atoms with E-state index in [0.29, 0.717) is 25.7 Å². The molecule has 26 heavy (non-hydrogen) atoms. The fraction of sp³-hybridized carbons (Fsp3) is 0.800. The van der Waals surface area contributed by atoms with Gasteiger partial charge in [0.2, 0.25) is 5.41 Å². The Labute approximate surface area is 151 Å². The van der Waals surface area contributed by atoms with E-state index in [2.05, 4.69) is 18.4 Å². The van der Waals surface area contributed by atoms with Gasteiger partial charge in [0, 0.05) is 12.8 Å². The average Bonchev–Trinajstić information content (AvgIpc) is 2.57. The molecule has 150 valence electrons. The summed E-state index contributed by atoms with van der Waals surface area (Å²) in [6.45, 7) is 3.79. The van der Waals surface area contributed by atoms with E-state index in [1.165, 1.54) is 0 Å². The lowest BCUT2D eigenvalue weighted by Crippen LogP contribution is -2.58. The summed E-state index contributed by atoms with van der Waals surface area (Å²) in [7, 11) is -4.65. The largest absolute Gasteiger partial charge is 0.480 e. The first-order valence-electron chi connectivity index (χ1n) is 8.47. The topological polar surface area (TPSA) is 142 Å². The molecular formula is C15H24O10S. The van der Waals surface area contributed by atoms with E-state index in [1.54, 1.807) is 0 Å². The summed E-state index contributed by atoms with van der Waals surface area (Å²) < 4.78 is 30.0. The third kappa shape index (κ3) is 5.30. The van der Waals surface area contributed by atoms with Crippen molar-refractivity contribution >= 4 is 27.9 Å². The number of hydrogen-bond donors (Lipinski definition) is 1. The van der Waals surface area contributed by atoms with Crippen molar-refractivity contribution in [1.82, 2.24) is 0 Å². The zero-order valence-corrected chi connectivity index (χ0v) is 15.6. The smallest absolute Gasteiger partial charge is 0.453 e. The molecule has 0 aromatic carbocycles. The maximum Gasteiger partial charge on any atom is 0.453 e. The molecule has 0 aromatic heterocycles. The second-order valence-corrected chi connectivity index (χ2v) is 7.03. The highest BCUT2D eigenvalue weighted by Crippen LogP contribution is 2.36. The van der Waals surface area contributed by atoms with Crippen molar-refractivity contribution in [2.75, 3.05) is 0 Å². The second-order valence-electron chi connectivity index (χ2n) is 5.94. The van der Waals surface area contributed by atoms with E-state index >= 15 is 0 Å². The molecule has 1 aliphatic rings. The molecular weight excluding hydrogens is 372 g/mol. The SMILES string of the molecule is CCCCCC(=O)C(C(=O)O)(C(=O)CCCCC)C1OOS(=O)(=O)OO1. The van der Waals surface area contributed by atoms with E-state index in [-0.39, 0.29) is 12.8 Å². The summed E-state index contributed by atoms with van der Waals surface area (Å²) in [5.41, 5.74) is -2.77. The Morgan fingerprint density at radius 1 is 0.885 bits per heavy atom.